The summed E-state index contributed by atoms with van der Waals surface area (Å²) >= 11 is 0. The van der Waals surface area contributed by atoms with Crippen molar-refractivity contribution in [3.05, 3.63) is 84.2 Å². The van der Waals surface area contributed by atoms with Crippen molar-refractivity contribution in [1.82, 2.24) is 9.99 Å². The van der Waals surface area contributed by atoms with Gasteiger partial charge in [0.15, 0.2) is 0 Å². The molecule has 0 fully saturated rings. The SMILES string of the molecule is C/C(=N\NC(=O)C(=O)Nc1ccc(C)cc1)c1ccc(-n2cccc2)cc1. The smallest absolute Gasteiger partial charge is 0.324 e. The van der Waals surface area contributed by atoms with E-state index >= 15 is 0 Å². The van der Waals surface area contributed by atoms with Gasteiger partial charge in [-0.1, -0.05) is 29.8 Å². The first-order chi connectivity index (χ1) is 13.0. The van der Waals surface area contributed by atoms with Gasteiger partial charge in [-0.2, -0.15) is 5.10 Å². The molecule has 136 valence electrons. The quantitative estimate of drug-likeness (QED) is 0.426. The number of nitrogens with one attached hydrogen (secondary N) is 2. The zero-order valence-corrected chi connectivity index (χ0v) is 15.1. The Hall–Kier alpha value is -3.67. The van der Waals surface area contributed by atoms with Gasteiger partial charge in [0.1, 0.15) is 0 Å². The van der Waals surface area contributed by atoms with Crippen molar-refractivity contribution in [2.45, 2.75) is 13.8 Å². The van der Waals surface area contributed by atoms with Crippen molar-refractivity contribution in [1.29, 1.82) is 0 Å². The minimum absolute atomic E-state index is 0.557. The van der Waals surface area contributed by atoms with Gasteiger partial charge >= 0.3 is 11.8 Å². The minimum atomic E-state index is -0.820. The maximum Gasteiger partial charge on any atom is 0.329 e. The van der Waals surface area contributed by atoms with E-state index in [2.05, 4.69) is 15.8 Å². The van der Waals surface area contributed by atoms with Crippen molar-refractivity contribution in [2.24, 2.45) is 5.10 Å². The summed E-state index contributed by atoms with van der Waals surface area (Å²) in [5, 5.41) is 6.55. The number of aryl methyl sites for hydroxylation is 1. The van der Waals surface area contributed by atoms with E-state index in [1.165, 1.54) is 0 Å². The Morgan fingerprint density at radius 2 is 1.52 bits per heavy atom. The summed E-state index contributed by atoms with van der Waals surface area (Å²) in [5.41, 5.74) is 6.39. The number of hydrogen-bond acceptors (Lipinski definition) is 3. The lowest BCUT2D eigenvalue weighted by atomic mass is 10.1. The van der Waals surface area contributed by atoms with Crippen molar-refractivity contribution in [3.63, 3.8) is 0 Å². The van der Waals surface area contributed by atoms with Crippen LogP contribution in [0.2, 0.25) is 0 Å². The molecule has 1 heterocycles. The summed E-state index contributed by atoms with van der Waals surface area (Å²) in [7, 11) is 0. The van der Waals surface area contributed by atoms with E-state index in [-0.39, 0.29) is 0 Å². The van der Waals surface area contributed by atoms with E-state index in [0.717, 1.165) is 16.8 Å². The molecule has 1 aromatic heterocycles. The fourth-order valence-electron chi connectivity index (χ4n) is 2.46. The van der Waals surface area contributed by atoms with Crippen LogP contribution in [0.15, 0.2) is 78.2 Å². The predicted octanol–water partition coefficient (Wildman–Crippen LogP) is 3.26. The fourth-order valence-corrected chi connectivity index (χ4v) is 2.46. The van der Waals surface area contributed by atoms with Crippen LogP contribution in [0, 0.1) is 6.92 Å². The maximum absolute atomic E-state index is 11.9. The predicted molar refractivity (Wildman–Crippen MR) is 106 cm³/mol. The van der Waals surface area contributed by atoms with Crippen molar-refractivity contribution in [3.8, 4) is 5.69 Å². The van der Waals surface area contributed by atoms with Crippen molar-refractivity contribution in [2.75, 3.05) is 5.32 Å². The fraction of sp³-hybridized carbons (Fsp3) is 0.0952. The second kappa shape index (κ2) is 8.14. The molecule has 27 heavy (non-hydrogen) atoms. The summed E-state index contributed by atoms with van der Waals surface area (Å²) in [6, 6.07) is 18.8. The maximum atomic E-state index is 11.9. The number of amides is 2. The number of carbonyl (C=O) groups is 2. The van der Waals surface area contributed by atoms with Crippen LogP contribution in [0.25, 0.3) is 5.69 Å². The third-order valence-electron chi connectivity index (χ3n) is 4.03. The molecule has 0 radical (unpaired) electrons. The molecular weight excluding hydrogens is 340 g/mol. The van der Waals surface area contributed by atoms with Crippen LogP contribution in [0.5, 0.6) is 0 Å². The Bertz CT molecular complexity index is 956. The van der Waals surface area contributed by atoms with E-state index in [1.54, 1.807) is 19.1 Å². The largest absolute Gasteiger partial charge is 0.329 e. The highest BCUT2D eigenvalue weighted by atomic mass is 16.2. The van der Waals surface area contributed by atoms with E-state index < -0.39 is 11.8 Å². The number of anilines is 1. The zero-order valence-electron chi connectivity index (χ0n) is 15.1. The number of rotatable bonds is 4. The first-order valence-corrected chi connectivity index (χ1v) is 8.49. The molecule has 0 unspecified atom stereocenters. The normalized spacial score (nSPS) is 11.1. The van der Waals surface area contributed by atoms with Gasteiger partial charge in [-0.05, 0) is 55.8 Å². The molecule has 0 saturated heterocycles. The van der Waals surface area contributed by atoms with Crippen molar-refractivity contribution < 1.29 is 9.59 Å². The molecule has 2 amide bonds. The molecule has 3 aromatic rings. The lowest BCUT2D eigenvalue weighted by Gasteiger charge is -2.06. The van der Waals surface area contributed by atoms with Gasteiger partial charge in [-0.3, -0.25) is 9.59 Å². The first kappa shape index (κ1) is 18.1. The van der Waals surface area contributed by atoms with E-state index in [1.807, 2.05) is 72.4 Å². The number of hydrazone groups is 1. The molecule has 0 spiro atoms. The summed E-state index contributed by atoms with van der Waals surface area (Å²) in [6.45, 7) is 3.71. The molecule has 0 atom stereocenters. The molecule has 0 aliphatic carbocycles. The Morgan fingerprint density at radius 1 is 0.889 bits per heavy atom. The Labute approximate surface area is 157 Å². The topological polar surface area (TPSA) is 75.5 Å². The van der Waals surface area contributed by atoms with Gasteiger partial charge in [0.05, 0.1) is 5.71 Å². The summed E-state index contributed by atoms with van der Waals surface area (Å²) in [6.07, 6.45) is 3.92. The molecule has 0 aliphatic rings. The number of benzene rings is 2. The van der Waals surface area contributed by atoms with Crippen LogP contribution in [0.3, 0.4) is 0 Å². The molecule has 6 nitrogen and oxygen atoms in total. The van der Waals surface area contributed by atoms with Crippen molar-refractivity contribution >= 4 is 23.2 Å². The van der Waals surface area contributed by atoms with Gasteiger partial charge < -0.3 is 9.88 Å². The van der Waals surface area contributed by atoms with E-state index in [0.29, 0.717) is 11.4 Å². The summed E-state index contributed by atoms with van der Waals surface area (Å²) < 4.78 is 1.99. The Morgan fingerprint density at radius 3 is 2.15 bits per heavy atom. The number of aromatic nitrogens is 1. The van der Waals surface area contributed by atoms with Crippen LogP contribution in [-0.4, -0.2) is 22.1 Å². The minimum Gasteiger partial charge on any atom is -0.324 e. The zero-order chi connectivity index (χ0) is 19.2. The highest BCUT2D eigenvalue weighted by Gasteiger charge is 2.13. The van der Waals surface area contributed by atoms with Gasteiger partial charge in [-0.25, -0.2) is 5.43 Å². The van der Waals surface area contributed by atoms with Gasteiger partial charge in [0.2, 0.25) is 0 Å². The van der Waals surface area contributed by atoms with Crippen LogP contribution in [0.4, 0.5) is 5.69 Å². The summed E-state index contributed by atoms with van der Waals surface area (Å²) in [5.74, 6) is -1.59. The highest BCUT2D eigenvalue weighted by molar-refractivity contribution is 6.39. The lowest BCUT2D eigenvalue weighted by molar-refractivity contribution is -0.136. The van der Waals surface area contributed by atoms with Gasteiger partial charge in [0, 0.05) is 23.8 Å². The molecule has 3 rings (SSSR count). The molecule has 2 aromatic carbocycles. The van der Waals surface area contributed by atoms with Crippen LogP contribution in [-0.2, 0) is 9.59 Å². The van der Waals surface area contributed by atoms with Crippen LogP contribution >= 0.6 is 0 Å². The second-order valence-corrected chi connectivity index (χ2v) is 6.10. The average Bonchev–Trinajstić information content (AvgIpc) is 3.22. The molecule has 0 bridgehead atoms. The molecule has 0 aliphatic heterocycles. The van der Waals surface area contributed by atoms with Crippen LogP contribution < -0.4 is 10.7 Å². The molecular formula is C21H20N4O2. The Kier molecular flexibility index (Phi) is 5.47. The van der Waals surface area contributed by atoms with Crippen LogP contribution in [0.1, 0.15) is 18.1 Å². The average molecular weight is 360 g/mol. The lowest BCUT2D eigenvalue weighted by Crippen LogP contribution is -2.32. The number of hydrogen-bond donors (Lipinski definition) is 2. The third-order valence-corrected chi connectivity index (χ3v) is 4.03. The molecule has 6 heteroatoms. The second-order valence-electron chi connectivity index (χ2n) is 6.10. The van der Waals surface area contributed by atoms with Gasteiger partial charge in [-0.15, -0.1) is 0 Å². The Balaban J connectivity index is 1.59. The number of nitrogens with zero attached hydrogens (tertiary/aromatic N) is 2. The molecule has 0 saturated carbocycles. The number of carbonyl (C=O) groups excluding carboxylic acids is 2. The summed E-state index contributed by atoms with van der Waals surface area (Å²) in [4.78, 5) is 23.9. The third kappa shape index (κ3) is 4.70. The highest BCUT2D eigenvalue weighted by Crippen LogP contribution is 2.11. The van der Waals surface area contributed by atoms with E-state index in [9.17, 15) is 9.59 Å². The van der Waals surface area contributed by atoms with Gasteiger partial charge in [0.25, 0.3) is 0 Å². The monoisotopic (exact) mass is 360 g/mol. The van der Waals surface area contributed by atoms with E-state index in [4.69, 9.17) is 0 Å². The molecule has 2 N–H and O–H groups in total. The first-order valence-electron chi connectivity index (χ1n) is 8.49. The standard InChI is InChI=1S/C21H20N4O2/c1-15-5-9-18(10-6-15)22-20(26)21(27)24-23-16(2)17-7-11-19(12-8-17)25-13-3-4-14-25/h3-14H,1-2H3,(H,22,26)(H,24,27)/b23-16+.